The van der Waals surface area contributed by atoms with Gasteiger partial charge in [-0.15, -0.1) is 0 Å². The second kappa shape index (κ2) is 7.62. The second-order valence-electron chi connectivity index (χ2n) is 4.37. The largest absolute Gasteiger partial charge is 0.300 e. The fourth-order valence-corrected chi connectivity index (χ4v) is 3.40. The van der Waals surface area contributed by atoms with E-state index >= 15 is 0 Å². The molecule has 0 aliphatic rings. The van der Waals surface area contributed by atoms with Crippen LogP contribution in [0.4, 0.5) is 5.69 Å². The molecule has 2 nitrogen and oxygen atoms in total. The normalized spacial score (nSPS) is 9.67. The Balaban J connectivity index is 2.21. The van der Waals surface area contributed by atoms with Crippen LogP contribution in [0, 0.1) is 15.4 Å². The standard InChI is InChI=1S/C17H13BrINO/c1-13(21)20(17-10-9-15(18)12-16(17)19)11-5-8-14-6-3-2-4-7-14/h2-4,6-7,9-10,12H,11H2,1H3. The minimum absolute atomic E-state index is 0.0161. The average molecular weight is 454 g/mol. The lowest BCUT2D eigenvalue weighted by Gasteiger charge is -2.20. The van der Waals surface area contributed by atoms with Gasteiger partial charge in [0.25, 0.3) is 0 Å². The summed E-state index contributed by atoms with van der Waals surface area (Å²) >= 11 is 5.66. The average Bonchev–Trinajstić information content (AvgIpc) is 2.45. The van der Waals surface area contributed by atoms with Crippen molar-refractivity contribution in [2.75, 3.05) is 11.4 Å². The molecule has 21 heavy (non-hydrogen) atoms. The first-order chi connectivity index (χ1) is 10.1. The lowest BCUT2D eigenvalue weighted by Crippen LogP contribution is -2.29. The van der Waals surface area contributed by atoms with Crippen molar-refractivity contribution in [2.45, 2.75) is 6.92 Å². The summed E-state index contributed by atoms with van der Waals surface area (Å²) in [5.74, 6) is 6.12. The highest BCUT2D eigenvalue weighted by Crippen LogP contribution is 2.26. The summed E-state index contributed by atoms with van der Waals surface area (Å²) in [5, 5.41) is 0. The number of benzene rings is 2. The van der Waals surface area contributed by atoms with Crippen molar-refractivity contribution >= 4 is 50.1 Å². The molecule has 2 aromatic carbocycles. The van der Waals surface area contributed by atoms with E-state index in [4.69, 9.17) is 0 Å². The molecule has 0 heterocycles. The number of carbonyl (C=O) groups is 1. The van der Waals surface area contributed by atoms with E-state index in [1.54, 1.807) is 11.8 Å². The van der Waals surface area contributed by atoms with E-state index in [9.17, 15) is 4.79 Å². The lowest BCUT2D eigenvalue weighted by atomic mass is 10.2. The van der Waals surface area contributed by atoms with Gasteiger partial charge in [0.05, 0.1) is 12.2 Å². The van der Waals surface area contributed by atoms with Gasteiger partial charge in [-0.2, -0.15) is 0 Å². The predicted octanol–water partition coefficient (Wildman–Crippen LogP) is 4.46. The molecule has 0 radical (unpaired) electrons. The first kappa shape index (κ1) is 16.1. The molecule has 106 valence electrons. The van der Waals surface area contributed by atoms with Gasteiger partial charge in [0, 0.05) is 20.5 Å². The molecule has 2 rings (SSSR count). The SMILES string of the molecule is CC(=O)N(CC#Cc1ccccc1)c1ccc(Br)cc1I. The molecule has 0 spiro atoms. The first-order valence-electron chi connectivity index (χ1n) is 6.35. The lowest BCUT2D eigenvalue weighted by molar-refractivity contribution is -0.116. The molecular weight excluding hydrogens is 441 g/mol. The Hall–Kier alpha value is -1.32. The summed E-state index contributed by atoms with van der Waals surface area (Å²) < 4.78 is 2.01. The van der Waals surface area contributed by atoms with E-state index in [2.05, 4.69) is 50.4 Å². The van der Waals surface area contributed by atoms with Gasteiger partial charge >= 0.3 is 0 Å². The van der Waals surface area contributed by atoms with Crippen LogP contribution in [0.3, 0.4) is 0 Å². The van der Waals surface area contributed by atoms with E-state index in [1.807, 2.05) is 48.5 Å². The zero-order valence-corrected chi connectivity index (χ0v) is 15.2. The summed E-state index contributed by atoms with van der Waals surface area (Å²) in [4.78, 5) is 13.6. The predicted molar refractivity (Wildman–Crippen MR) is 98.2 cm³/mol. The van der Waals surface area contributed by atoms with E-state index in [-0.39, 0.29) is 5.91 Å². The third-order valence-corrected chi connectivity index (χ3v) is 4.18. The molecule has 4 heteroatoms. The summed E-state index contributed by atoms with van der Waals surface area (Å²) in [6, 6.07) is 15.6. The van der Waals surface area contributed by atoms with E-state index in [1.165, 1.54) is 0 Å². The molecule has 0 aliphatic heterocycles. The number of carbonyl (C=O) groups excluding carboxylic acids is 1. The number of amides is 1. The maximum atomic E-state index is 11.9. The van der Waals surface area contributed by atoms with Crippen LogP contribution in [0.25, 0.3) is 0 Å². The molecule has 0 atom stereocenters. The summed E-state index contributed by atoms with van der Waals surface area (Å²) in [7, 11) is 0. The van der Waals surface area contributed by atoms with E-state index in [0.29, 0.717) is 6.54 Å². The number of hydrogen-bond acceptors (Lipinski definition) is 1. The van der Waals surface area contributed by atoms with Crippen LogP contribution in [-0.2, 0) is 4.79 Å². The molecule has 2 aromatic rings. The molecule has 0 saturated heterocycles. The Morgan fingerprint density at radius 1 is 1.24 bits per heavy atom. The highest BCUT2D eigenvalue weighted by Gasteiger charge is 2.13. The molecule has 0 bridgehead atoms. The molecule has 0 aliphatic carbocycles. The third-order valence-electron chi connectivity index (χ3n) is 2.82. The minimum Gasteiger partial charge on any atom is -0.300 e. The van der Waals surface area contributed by atoms with Crippen LogP contribution in [0.1, 0.15) is 12.5 Å². The second-order valence-corrected chi connectivity index (χ2v) is 6.45. The van der Waals surface area contributed by atoms with Gasteiger partial charge in [0.2, 0.25) is 5.91 Å². The van der Waals surface area contributed by atoms with Crippen molar-refractivity contribution in [3.8, 4) is 11.8 Å². The van der Waals surface area contributed by atoms with Crippen molar-refractivity contribution in [1.29, 1.82) is 0 Å². The molecule has 1 amide bonds. The molecule has 0 saturated carbocycles. The Bertz CT molecular complexity index is 704. The summed E-state index contributed by atoms with van der Waals surface area (Å²) in [6.07, 6.45) is 0. The highest BCUT2D eigenvalue weighted by atomic mass is 127. The van der Waals surface area contributed by atoms with Crippen LogP contribution in [0.15, 0.2) is 53.0 Å². The van der Waals surface area contributed by atoms with Gasteiger partial charge in [-0.1, -0.05) is 46.0 Å². The third kappa shape index (κ3) is 4.58. The summed E-state index contributed by atoms with van der Waals surface area (Å²) in [5.41, 5.74) is 1.83. The summed E-state index contributed by atoms with van der Waals surface area (Å²) in [6.45, 7) is 1.93. The topological polar surface area (TPSA) is 20.3 Å². The van der Waals surface area contributed by atoms with Crippen molar-refractivity contribution in [2.24, 2.45) is 0 Å². The molecule has 0 aromatic heterocycles. The quantitative estimate of drug-likeness (QED) is 0.485. The van der Waals surface area contributed by atoms with Gasteiger partial charge in [-0.05, 0) is 52.9 Å². The Kier molecular flexibility index (Phi) is 5.83. The van der Waals surface area contributed by atoms with E-state index < -0.39 is 0 Å². The van der Waals surface area contributed by atoms with Gasteiger partial charge < -0.3 is 0 Å². The van der Waals surface area contributed by atoms with Crippen LogP contribution >= 0.6 is 38.5 Å². The maximum absolute atomic E-state index is 11.9. The van der Waals surface area contributed by atoms with E-state index in [0.717, 1.165) is 19.3 Å². The number of rotatable bonds is 2. The molecule has 0 unspecified atom stereocenters. The molecule has 0 fully saturated rings. The Morgan fingerprint density at radius 2 is 1.95 bits per heavy atom. The molecule has 0 N–H and O–H groups in total. The zero-order valence-electron chi connectivity index (χ0n) is 11.4. The van der Waals surface area contributed by atoms with Gasteiger partial charge in [-0.3, -0.25) is 9.69 Å². The van der Waals surface area contributed by atoms with Crippen molar-refractivity contribution in [3.63, 3.8) is 0 Å². The van der Waals surface area contributed by atoms with Crippen LogP contribution < -0.4 is 4.90 Å². The number of nitrogens with zero attached hydrogens (tertiary/aromatic N) is 1. The number of hydrogen-bond donors (Lipinski definition) is 0. The first-order valence-corrected chi connectivity index (χ1v) is 8.22. The van der Waals surface area contributed by atoms with Gasteiger partial charge in [-0.25, -0.2) is 0 Å². The van der Waals surface area contributed by atoms with Crippen LogP contribution in [0.2, 0.25) is 0 Å². The van der Waals surface area contributed by atoms with Crippen LogP contribution in [-0.4, -0.2) is 12.5 Å². The van der Waals surface area contributed by atoms with Gasteiger partial charge in [0.1, 0.15) is 0 Å². The zero-order chi connectivity index (χ0) is 15.2. The number of halogens is 2. The fourth-order valence-electron chi connectivity index (χ4n) is 1.81. The minimum atomic E-state index is -0.0161. The monoisotopic (exact) mass is 453 g/mol. The Labute approximate surface area is 146 Å². The van der Waals surface area contributed by atoms with Crippen molar-refractivity contribution in [3.05, 3.63) is 62.1 Å². The fraction of sp³-hybridized carbons (Fsp3) is 0.118. The smallest absolute Gasteiger partial charge is 0.224 e. The van der Waals surface area contributed by atoms with Crippen molar-refractivity contribution < 1.29 is 4.79 Å². The van der Waals surface area contributed by atoms with Crippen LogP contribution in [0.5, 0.6) is 0 Å². The maximum Gasteiger partial charge on any atom is 0.224 e. The number of anilines is 1. The molecular formula is C17H13BrINO. The highest BCUT2D eigenvalue weighted by molar-refractivity contribution is 14.1. The van der Waals surface area contributed by atoms with Gasteiger partial charge in [0.15, 0.2) is 0 Å². The van der Waals surface area contributed by atoms with Crippen molar-refractivity contribution in [1.82, 2.24) is 0 Å². The Morgan fingerprint density at radius 3 is 2.57 bits per heavy atom.